The number of anilines is 1. The Morgan fingerprint density at radius 2 is 2.22 bits per heavy atom. The lowest BCUT2D eigenvalue weighted by Crippen LogP contribution is -2.22. The standard InChI is InChI=1S/C11H15N2O3PS/c1-13(7-8-16-17(14,15)18)11-4-2-3-10(9-11)5-6-12/h2-4,9H,5,7-8H2,1H3,(H2,14,15,18). The molecule has 0 aliphatic carbocycles. The Kier molecular flexibility index (Phi) is 5.73. The number of rotatable bonds is 6. The van der Waals surface area contributed by atoms with E-state index in [0.29, 0.717) is 13.0 Å². The lowest BCUT2D eigenvalue weighted by Gasteiger charge is -2.20. The van der Waals surface area contributed by atoms with Gasteiger partial charge in [-0.25, -0.2) is 0 Å². The van der Waals surface area contributed by atoms with E-state index in [1.165, 1.54) is 0 Å². The van der Waals surface area contributed by atoms with E-state index >= 15 is 0 Å². The summed E-state index contributed by atoms with van der Waals surface area (Å²) in [5, 5.41) is 8.63. The quantitative estimate of drug-likeness (QED) is 0.770. The molecule has 0 bridgehead atoms. The molecule has 0 amide bonds. The lowest BCUT2D eigenvalue weighted by atomic mass is 10.1. The van der Waals surface area contributed by atoms with Gasteiger partial charge >= 0.3 is 6.72 Å². The highest BCUT2D eigenvalue weighted by Gasteiger charge is 2.08. The van der Waals surface area contributed by atoms with Crippen molar-refractivity contribution in [3.63, 3.8) is 0 Å². The molecule has 0 fully saturated rings. The summed E-state index contributed by atoms with van der Waals surface area (Å²) in [6, 6.07) is 9.68. The third-order valence-electron chi connectivity index (χ3n) is 2.32. The van der Waals surface area contributed by atoms with Gasteiger partial charge in [0.1, 0.15) is 0 Å². The minimum atomic E-state index is -3.57. The molecule has 7 heteroatoms. The molecule has 1 aromatic carbocycles. The van der Waals surface area contributed by atoms with Crippen LogP contribution in [0.5, 0.6) is 0 Å². The predicted molar refractivity (Wildman–Crippen MR) is 73.7 cm³/mol. The number of nitriles is 1. The second kappa shape index (κ2) is 6.83. The van der Waals surface area contributed by atoms with Gasteiger partial charge in [0.05, 0.1) is 19.1 Å². The molecule has 0 saturated carbocycles. The van der Waals surface area contributed by atoms with Gasteiger partial charge in [0.15, 0.2) is 0 Å². The van der Waals surface area contributed by atoms with E-state index in [0.717, 1.165) is 11.3 Å². The minimum absolute atomic E-state index is 0.142. The van der Waals surface area contributed by atoms with Crippen molar-refractivity contribution in [3.05, 3.63) is 29.8 Å². The van der Waals surface area contributed by atoms with Crippen molar-refractivity contribution in [3.8, 4) is 6.07 Å². The summed E-state index contributed by atoms with van der Waals surface area (Å²) in [5.74, 6) is 0. The van der Waals surface area contributed by atoms with Crippen molar-refractivity contribution in [1.29, 1.82) is 5.26 Å². The van der Waals surface area contributed by atoms with Crippen LogP contribution in [-0.4, -0.2) is 30.0 Å². The Labute approximate surface area is 111 Å². The van der Waals surface area contributed by atoms with Gasteiger partial charge in [-0.1, -0.05) is 12.1 Å². The number of likely N-dealkylation sites (N-methyl/N-ethyl adjacent to an activating group) is 1. The fourth-order valence-corrected chi connectivity index (χ4v) is 1.96. The molecule has 0 saturated heterocycles. The van der Waals surface area contributed by atoms with Crippen molar-refractivity contribution in [2.75, 3.05) is 25.1 Å². The Morgan fingerprint density at radius 3 is 2.83 bits per heavy atom. The Bertz CT molecular complexity index is 483. The highest BCUT2D eigenvalue weighted by Crippen LogP contribution is 2.35. The van der Waals surface area contributed by atoms with Crippen LogP contribution in [0, 0.1) is 11.3 Å². The Hall–Kier alpha value is -0.960. The summed E-state index contributed by atoms with van der Waals surface area (Å²) in [6.45, 7) is -2.95. The summed E-state index contributed by atoms with van der Waals surface area (Å²) < 4.78 is 4.74. The molecule has 0 unspecified atom stereocenters. The maximum absolute atomic E-state index is 8.92. The molecule has 0 heterocycles. The van der Waals surface area contributed by atoms with E-state index in [4.69, 9.17) is 19.6 Å². The molecule has 0 spiro atoms. The van der Waals surface area contributed by atoms with Crippen molar-refractivity contribution < 1.29 is 14.3 Å². The van der Waals surface area contributed by atoms with Crippen molar-refractivity contribution in [1.82, 2.24) is 0 Å². The zero-order valence-corrected chi connectivity index (χ0v) is 11.7. The van der Waals surface area contributed by atoms with Gasteiger partial charge in [-0.2, -0.15) is 5.26 Å². The smallest absolute Gasteiger partial charge is 0.321 e. The summed E-state index contributed by atoms with van der Waals surface area (Å²) in [5.41, 5.74) is 1.88. The third kappa shape index (κ3) is 5.58. The first-order valence-corrected chi connectivity index (χ1v) is 7.92. The van der Waals surface area contributed by atoms with Gasteiger partial charge in [0.2, 0.25) is 0 Å². The van der Waals surface area contributed by atoms with Crippen LogP contribution in [0.1, 0.15) is 5.56 Å². The summed E-state index contributed by atoms with van der Waals surface area (Å²) in [4.78, 5) is 19.7. The second-order valence-corrected chi connectivity index (χ2v) is 6.42. The molecule has 2 N–H and O–H groups in total. The van der Waals surface area contributed by atoms with Gasteiger partial charge in [-0.05, 0) is 29.5 Å². The van der Waals surface area contributed by atoms with Crippen LogP contribution in [0.3, 0.4) is 0 Å². The van der Waals surface area contributed by atoms with Crippen LogP contribution < -0.4 is 4.90 Å². The minimum Gasteiger partial charge on any atom is -0.372 e. The SMILES string of the molecule is CN(CCOP(O)(O)=S)c1cccc(CC#N)c1. The van der Waals surface area contributed by atoms with Crippen LogP contribution >= 0.6 is 6.72 Å². The Morgan fingerprint density at radius 1 is 1.50 bits per heavy atom. The fourth-order valence-electron chi connectivity index (χ4n) is 1.42. The topological polar surface area (TPSA) is 76.7 Å². The van der Waals surface area contributed by atoms with Gasteiger partial charge in [0.25, 0.3) is 0 Å². The average molecular weight is 286 g/mol. The summed E-state index contributed by atoms with van der Waals surface area (Å²) >= 11 is 4.35. The zero-order chi connectivity index (χ0) is 13.6. The molecule has 18 heavy (non-hydrogen) atoms. The van der Waals surface area contributed by atoms with E-state index in [-0.39, 0.29) is 6.61 Å². The number of hydrogen-bond donors (Lipinski definition) is 2. The zero-order valence-electron chi connectivity index (χ0n) is 9.98. The summed E-state index contributed by atoms with van der Waals surface area (Å²) in [7, 11) is 1.85. The van der Waals surface area contributed by atoms with Crippen LogP contribution in [0.25, 0.3) is 0 Å². The molecule has 0 radical (unpaired) electrons. The average Bonchev–Trinajstić information content (AvgIpc) is 2.28. The molecule has 0 atom stereocenters. The molecular formula is C11H15N2O3PS. The second-order valence-electron chi connectivity index (χ2n) is 3.75. The maximum Gasteiger partial charge on any atom is 0.321 e. The van der Waals surface area contributed by atoms with E-state index in [2.05, 4.69) is 17.9 Å². The van der Waals surface area contributed by atoms with E-state index < -0.39 is 6.72 Å². The normalized spacial score (nSPS) is 11.0. The molecule has 98 valence electrons. The van der Waals surface area contributed by atoms with E-state index in [1.807, 2.05) is 36.2 Å². The highest BCUT2D eigenvalue weighted by atomic mass is 32.5. The van der Waals surface area contributed by atoms with Gasteiger partial charge in [-0.15, -0.1) is 0 Å². The number of hydrogen-bond acceptors (Lipinski definition) is 4. The van der Waals surface area contributed by atoms with E-state index in [9.17, 15) is 0 Å². The van der Waals surface area contributed by atoms with Crippen molar-refractivity contribution >= 4 is 24.2 Å². The monoisotopic (exact) mass is 286 g/mol. The van der Waals surface area contributed by atoms with Crippen molar-refractivity contribution in [2.45, 2.75) is 6.42 Å². The summed E-state index contributed by atoms with van der Waals surface area (Å²) in [6.07, 6.45) is 0.367. The number of benzene rings is 1. The lowest BCUT2D eigenvalue weighted by molar-refractivity contribution is 0.257. The largest absolute Gasteiger partial charge is 0.372 e. The third-order valence-corrected chi connectivity index (χ3v) is 3.16. The molecule has 0 aliphatic heterocycles. The first-order valence-electron chi connectivity index (χ1n) is 5.29. The molecule has 5 nitrogen and oxygen atoms in total. The van der Waals surface area contributed by atoms with Crippen LogP contribution in [-0.2, 0) is 22.8 Å². The predicted octanol–water partition coefficient (Wildman–Crippen LogP) is 1.41. The molecular weight excluding hydrogens is 271 g/mol. The molecule has 0 aromatic heterocycles. The van der Waals surface area contributed by atoms with Crippen LogP contribution in [0.4, 0.5) is 5.69 Å². The van der Waals surface area contributed by atoms with E-state index in [1.54, 1.807) is 0 Å². The molecule has 0 aliphatic rings. The molecule has 1 aromatic rings. The van der Waals surface area contributed by atoms with Gasteiger partial charge < -0.3 is 19.2 Å². The highest BCUT2D eigenvalue weighted by molar-refractivity contribution is 8.06. The first kappa shape index (κ1) is 15.1. The van der Waals surface area contributed by atoms with Crippen LogP contribution in [0.15, 0.2) is 24.3 Å². The van der Waals surface area contributed by atoms with Gasteiger partial charge in [-0.3, -0.25) is 0 Å². The first-order chi connectivity index (χ1) is 8.42. The Balaban J connectivity index is 2.56. The van der Waals surface area contributed by atoms with Crippen LogP contribution in [0.2, 0.25) is 0 Å². The van der Waals surface area contributed by atoms with Crippen molar-refractivity contribution in [2.24, 2.45) is 0 Å². The van der Waals surface area contributed by atoms with Gasteiger partial charge in [0, 0.05) is 19.3 Å². The molecule has 1 rings (SSSR count). The maximum atomic E-state index is 8.92. The fraction of sp³-hybridized carbons (Fsp3) is 0.364. The number of nitrogens with zero attached hydrogens (tertiary/aromatic N) is 2.